The van der Waals surface area contributed by atoms with Gasteiger partial charge in [-0.2, -0.15) is 0 Å². The summed E-state index contributed by atoms with van der Waals surface area (Å²) in [6, 6.07) is 0. The molecule has 0 bridgehead atoms. The minimum atomic E-state index is -0.0331. The minimum Gasteiger partial charge on any atom is -1.00 e. The van der Waals surface area contributed by atoms with Gasteiger partial charge in [-0.1, -0.05) is 200 Å². The van der Waals surface area contributed by atoms with Gasteiger partial charge in [0.25, 0.3) is 0 Å². The fraction of sp³-hybridized carbons (Fsp3) is 1.00. The molecule has 0 spiro atoms. The van der Waals surface area contributed by atoms with Gasteiger partial charge in [0.1, 0.15) is 0 Å². The number of aliphatic hydroxyl groups is 1. The third-order valence-electron chi connectivity index (χ3n) is 8.03. The van der Waals surface area contributed by atoms with Crippen LogP contribution in [0, 0.1) is 0 Å². The van der Waals surface area contributed by atoms with Crippen LogP contribution in [0.4, 0.5) is 0 Å². The van der Waals surface area contributed by atoms with Crippen molar-refractivity contribution in [1.82, 2.24) is 0 Å². The van der Waals surface area contributed by atoms with E-state index in [0.29, 0.717) is 0 Å². The third-order valence-corrected chi connectivity index (χ3v) is 8.03. The first-order valence-electron chi connectivity index (χ1n) is 17.0. The Balaban J connectivity index is -0.00000578. The average molecular weight is 519 g/mol. The van der Waals surface area contributed by atoms with E-state index in [1.165, 1.54) is 186 Å². The summed E-state index contributed by atoms with van der Waals surface area (Å²) in [5, 5.41) is 10.2. The molecule has 0 aromatic heterocycles. The molecule has 0 aliphatic heterocycles. The molecule has 0 aliphatic carbocycles. The molecule has 0 aromatic rings. The Morgan fingerprint density at radius 2 is 0.500 bits per heavy atom. The Bertz CT molecular complexity index is 366. The van der Waals surface area contributed by atoms with Crippen molar-refractivity contribution in [3.63, 3.8) is 0 Å². The van der Waals surface area contributed by atoms with Crippen LogP contribution in [0.3, 0.4) is 0 Å². The Morgan fingerprint density at radius 1 is 0.333 bits per heavy atom. The van der Waals surface area contributed by atoms with E-state index in [1.54, 1.807) is 0 Å². The molecule has 0 aliphatic rings. The fourth-order valence-corrected chi connectivity index (χ4v) is 5.47. The van der Waals surface area contributed by atoms with Crippen LogP contribution in [-0.4, -0.2) is 11.2 Å². The van der Waals surface area contributed by atoms with Crippen molar-refractivity contribution < 1.29 is 36.1 Å². The second-order valence-corrected chi connectivity index (χ2v) is 11.8. The smallest absolute Gasteiger partial charge is 1.00 e. The number of hydrogen-bond donors (Lipinski definition) is 1. The summed E-state index contributed by atoms with van der Waals surface area (Å²) in [7, 11) is 0. The maximum atomic E-state index is 10.2. The van der Waals surface area contributed by atoms with Gasteiger partial charge in [0.2, 0.25) is 0 Å². The molecular formula is C34H71NaO. The zero-order chi connectivity index (χ0) is 25.5. The van der Waals surface area contributed by atoms with Gasteiger partial charge in [-0.05, 0) is 12.8 Å². The minimum absolute atomic E-state index is 0. The first-order chi connectivity index (χ1) is 17.3. The van der Waals surface area contributed by atoms with Crippen molar-refractivity contribution in [3.8, 4) is 0 Å². The molecule has 36 heavy (non-hydrogen) atoms. The molecule has 2 heteroatoms. The molecule has 214 valence electrons. The Kier molecular flexibility index (Phi) is 39.1. The van der Waals surface area contributed by atoms with E-state index >= 15 is 0 Å². The number of aliphatic hydroxyl groups excluding tert-OH is 1. The summed E-state index contributed by atoms with van der Waals surface area (Å²) in [6.45, 7) is 4.59. The van der Waals surface area contributed by atoms with Crippen molar-refractivity contribution in [3.05, 3.63) is 0 Å². The topological polar surface area (TPSA) is 20.2 Å². The zero-order valence-electron chi connectivity index (χ0n) is 26.9. The Hall–Kier alpha value is 0.960. The molecule has 0 saturated carbocycles. The second-order valence-electron chi connectivity index (χ2n) is 11.8. The summed E-state index contributed by atoms with van der Waals surface area (Å²) in [5.41, 5.74) is 0. The van der Waals surface area contributed by atoms with Crippen molar-refractivity contribution in [2.45, 2.75) is 219 Å². The molecule has 0 saturated heterocycles. The van der Waals surface area contributed by atoms with Crippen molar-refractivity contribution >= 4 is 0 Å². The average Bonchev–Trinajstić information content (AvgIpc) is 2.86. The van der Waals surface area contributed by atoms with Gasteiger partial charge in [0, 0.05) is 0 Å². The van der Waals surface area contributed by atoms with Gasteiger partial charge in [0.15, 0.2) is 0 Å². The molecule has 0 aromatic carbocycles. The van der Waals surface area contributed by atoms with Crippen LogP contribution in [0.15, 0.2) is 0 Å². The summed E-state index contributed by atoms with van der Waals surface area (Å²) in [4.78, 5) is 0. The maximum Gasteiger partial charge on any atom is 1.00 e. The largest absolute Gasteiger partial charge is 1.00 e. The van der Waals surface area contributed by atoms with Crippen LogP contribution in [0.25, 0.3) is 0 Å². The first kappa shape index (κ1) is 39.1. The maximum absolute atomic E-state index is 10.2. The van der Waals surface area contributed by atoms with Gasteiger partial charge in [-0.3, -0.25) is 0 Å². The van der Waals surface area contributed by atoms with E-state index in [2.05, 4.69) is 13.8 Å². The van der Waals surface area contributed by atoms with Crippen LogP contribution in [0.5, 0.6) is 0 Å². The summed E-state index contributed by atoms with van der Waals surface area (Å²) in [6.07, 6.45) is 43.0. The third kappa shape index (κ3) is 35.0. The predicted octanol–water partition coefficient (Wildman–Crippen LogP) is 9.60. The van der Waals surface area contributed by atoms with Crippen LogP contribution < -0.4 is 29.6 Å². The monoisotopic (exact) mass is 519 g/mol. The van der Waals surface area contributed by atoms with Crippen molar-refractivity contribution in [2.24, 2.45) is 0 Å². The molecule has 0 heterocycles. The van der Waals surface area contributed by atoms with Gasteiger partial charge >= 0.3 is 29.6 Å². The molecule has 1 unspecified atom stereocenters. The Labute approximate surface area is 253 Å². The summed E-state index contributed by atoms with van der Waals surface area (Å²) < 4.78 is 0. The van der Waals surface area contributed by atoms with Crippen molar-refractivity contribution in [2.75, 3.05) is 0 Å². The number of rotatable bonds is 31. The normalized spacial score (nSPS) is 12.1. The molecule has 1 atom stereocenters. The van der Waals surface area contributed by atoms with Gasteiger partial charge in [-0.25, -0.2) is 0 Å². The van der Waals surface area contributed by atoms with E-state index < -0.39 is 0 Å². The standard InChI is InChI=1S/C34H70O.Na.H/c1-3-5-7-9-11-13-15-17-19-21-23-25-27-29-31-33-34(35)32-30-28-26-24-22-20-18-16-14-12-10-8-6-4-2;;/h34-35H,3-33H2,1-2H3;;/q;+1;-1. The predicted molar refractivity (Wildman–Crippen MR) is 162 cm³/mol. The van der Waals surface area contributed by atoms with Gasteiger partial charge < -0.3 is 6.53 Å². The molecular weight excluding hydrogens is 447 g/mol. The Morgan fingerprint density at radius 3 is 0.694 bits per heavy atom. The fourth-order valence-electron chi connectivity index (χ4n) is 5.47. The van der Waals surface area contributed by atoms with E-state index in [4.69, 9.17) is 0 Å². The summed E-state index contributed by atoms with van der Waals surface area (Å²) >= 11 is 0. The van der Waals surface area contributed by atoms with E-state index in [-0.39, 0.29) is 37.1 Å². The zero-order valence-corrected chi connectivity index (χ0v) is 27.9. The number of unbranched alkanes of at least 4 members (excludes halogenated alkanes) is 27. The van der Waals surface area contributed by atoms with E-state index in [1.807, 2.05) is 0 Å². The first-order valence-corrected chi connectivity index (χ1v) is 17.0. The molecule has 1 nitrogen and oxygen atoms in total. The van der Waals surface area contributed by atoms with E-state index in [0.717, 1.165) is 12.8 Å². The molecule has 0 rings (SSSR count). The van der Waals surface area contributed by atoms with E-state index in [9.17, 15) is 5.11 Å². The summed E-state index contributed by atoms with van der Waals surface area (Å²) in [5.74, 6) is 0. The number of hydrogen-bond acceptors (Lipinski definition) is 1. The molecule has 0 fully saturated rings. The van der Waals surface area contributed by atoms with Crippen LogP contribution in [0.2, 0.25) is 0 Å². The second kappa shape index (κ2) is 36.0. The van der Waals surface area contributed by atoms with Crippen LogP contribution in [-0.2, 0) is 0 Å². The molecule has 1 N–H and O–H groups in total. The van der Waals surface area contributed by atoms with Gasteiger partial charge in [-0.15, -0.1) is 0 Å². The molecule has 0 amide bonds. The van der Waals surface area contributed by atoms with Gasteiger partial charge in [0.05, 0.1) is 6.10 Å². The SMILES string of the molecule is CCCCCCCCCCCCCCCCCC(O)CCCCCCCCCCCCCCCC.[H-].[Na+]. The quantitative estimate of drug-likeness (QED) is 0.0715. The molecule has 0 radical (unpaired) electrons. The van der Waals surface area contributed by atoms with Crippen molar-refractivity contribution in [1.29, 1.82) is 0 Å². The van der Waals surface area contributed by atoms with Crippen LogP contribution in [0.1, 0.15) is 214 Å². The van der Waals surface area contributed by atoms with Crippen LogP contribution >= 0.6 is 0 Å².